The Bertz CT molecular complexity index is 440. The lowest BCUT2D eigenvalue weighted by molar-refractivity contribution is -0.127. The van der Waals surface area contributed by atoms with Gasteiger partial charge >= 0.3 is 0 Å². The minimum Gasteiger partial charge on any atom is -0.497 e. The number of carbonyl (C=O) groups excluding carboxylic acids is 1. The van der Waals surface area contributed by atoms with E-state index in [0.717, 1.165) is 23.5 Å². The van der Waals surface area contributed by atoms with E-state index >= 15 is 0 Å². The number of benzene rings is 1. The lowest BCUT2D eigenvalue weighted by atomic mass is 10.00. The van der Waals surface area contributed by atoms with Gasteiger partial charge in [-0.2, -0.15) is 24.4 Å². The molecule has 1 aromatic rings. The fourth-order valence-corrected chi connectivity index (χ4v) is 2.81. The molecule has 0 saturated heterocycles. The van der Waals surface area contributed by atoms with Crippen LogP contribution in [0.25, 0.3) is 0 Å². The zero-order valence-electron chi connectivity index (χ0n) is 13.1. The molecule has 0 heterocycles. The quantitative estimate of drug-likeness (QED) is 0.347. The Kier molecular flexibility index (Phi) is 9.43. The Hall–Kier alpha value is -0.850. The summed E-state index contributed by atoms with van der Waals surface area (Å²) < 4.78 is 5.12. The van der Waals surface area contributed by atoms with Gasteiger partial charge in [-0.05, 0) is 49.0 Å². The van der Waals surface area contributed by atoms with Crippen LogP contribution in [0.2, 0.25) is 0 Å². The van der Waals surface area contributed by atoms with Crippen LogP contribution < -0.4 is 10.1 Å². The molecule has 0 aliphatic carbocycles. The third kappa shape index (κ3) is 6.94. The van der Waals surface area contributed by atoms with Gasteiger partial charge in [0.1, 0.15) is 12.0 Å². The van der Waals surface area contributed by atoms with Crippen LogP contribution in [0, 0.1) is 5.92 Å². The SMILES string of the molecule is COc1ccc(CC(CS)C(=O)NC(O)CCCSC)cc1. The van der Waals surface area contributed by atoms with Crippen molar-refractivity contribution < 1.29 is 14.6 Å². The maximum absolute atomic E-state index is 12.2. The number of aliphatic hydroxyl groups is 1. The van der Waals surface area contributed by atoms with Gasteiger partial charge in [0.05, 0.1) is 13.0 Å². The summed E-state index contributed by atoms with van der Waals surface area (Å²) in [6.07, 6.45) is 3.30. The molecule has 0 aliphatic heterocycles. The second kappa shape index (κ2) is 10.8. The molecule has 0 bridgehead atoms. The van der Waals surface area contributed by atoms with Crippen LogP contribution in [0.5, 0.6) is 5.75 Å². The third-order valence-electron chi connectivity index (χ3n) is 3.37. The molecule has 0 aliphatic rings. The van der Waals surface area contributed by atoms with Crippen LogP contribution in [-0.2, 0) is 11.2 Å². The molecule has 4 nitrogen and oxygen atoms in total. The van der Waals surface area contributed by atoms with Crippen LogP contribution in [0.15, 0.2) is 24.3 Å². The molecule has 124 valence electrons. The third-order valence-corrected chi connectivity index (χ3v) is 4.50. The monoisotopic (exact) mass is 343 g/mol. The molecule has 2 atom stereocenters. The predicted octanol–water partition coefficient (Wildman–Crippen LogP) is 2.36. The van der Waals surface area contributed by atoms with E-state index < -0.39 is 6.23 Å². The molecule has 0 radical (unpaired) electrons. The predicted molar refractivity (Wildman–Crippen MR) is 95.8 cm³/mol. The van der Waals surface area contributed by atoms with E-state index in [-0.39, 0.29) is 11.8 Å². The number of methoxy groups -OCH3 is 1. The molecule has 1 amide bonds. The Labute approximate surface area is 142 Å². The van der Waals surface area contributed by atoms with E-state index in [4.69, 9.17) is 4.74 Å². The van der Waals surface area contributed by atoms with Gasteiger partial charge in [0.25, 0.3) is 0 Å². The Morgan fingerprint density at radius 3 is 2.64 bits per heavy atom. The summed E-state index contributed by atoms with van der Waals surface area (Å²) in [6, 6.07) is 7.63. The van der Waals surface area contributed by atoms with Gasteiger partial charge < -0.3 is 15.2 Å². The molecule has 0 fully saturated rings. The Morgan fingerprint density at radius 2 is 2.09 bits per heavy atom. The first-order valence-electron chi connectivity index (χ1n) is 7.31. The van der Waals surface area contributed by atoms with Gasteiger partial charge in [-0.25, -0.2) is 0 Å². The minimum atomic E-state index is -0.780. The number of hydrogen-bond donors (Lipinski definition) is 3. The van der Waals surface area contributed by atoms with Gasteiger partial charge in [0.15, 0.2) is 0 Å². The second-order valence-corrected chi connectivity index (χ2v) is 6.44. The van der Waals surface area contributed by atoms with Crippen molar-refractivity contribution in [3.05, 3.63) is 29.8 Å². The number of rotatable bonds is 10. The molecular weight excluding hydrogens is 318 g/mol. The number of hydrogen-bond acceptors (Lipinski definition) is 5. The molecule has 6 heteroatoms. The molecule has 2 unspecified atom stereocenters. The summed E-state index contributed by atoms with van der Waals surface area (Å²) in [5.41, 5.74) is 1.05. The van der Waals surface area contributed by atoms with Gasteiger partial charge in [0.2, 0.25) is 5.91 Å². The minimum absolute atomic E-state index is 0.150. The fourth-order valence-electron chi connectivity index (χ4n) is 2.06. The highest BCUT2D eigenvalue weighted by Gasteiger charge is 2.19. The number of amides is 1. The highest BCUT2D eigenvalue weighted by atomic mass is 32.2. The zero-order chi connectivity index (χ0) is 16.4. The number of ether oxygens (including phenoxy) is 1. The number of carbonyl (C=O) groups is 1. The number of aliphatic hydroxyl groups excluding tert-OH is 1. The standard InChI is InChI=1S/C16H25NO3S2/c1-20-14-7-5-12(6-8-14)10-13(11-21)16(19)17-15(18)4-3-9-22-2/h5-8,13,15,18,21H,3-4,9-11H2,1-2H3,(H,17,19). The summed E-state index contributed by atoms with van der Waals surface area (Å²) in [7, 11) is 1.62. The van der Waals surface area contributed by atoms with E-state index in [0.29, 0.717) is 18.6 Å². The lowest BCUT2D eigenvalue weighted by Gasteiger charge is -2.18. The summed E-state index contributed by atoms with van der Waals surface area (Å²) in [5, 5.41) is 12.5. The molecular formula is C16H25NO3S2. The van der Waals surface area contributed by atoms with E-state index in [1.54, 1.807) is 18.9 Å². The maximum Gasteiger partial charge on any atom is 0.226 e. The van der Waals surface area contributed by atoms with Gasteiger partial charge in [-0.15, -0.1) is 0 Å². The summed E-state index contributed by atoms with van der Waals surface area (Å²) in [5.74, 6) is 1.80. The van der Waals surface area contributed by atoms with Crippen LogP contribution in [0.3, 0.4) is 0 Å². The maximum atomic E-state index is 12.2. The van der Waals surface area contributed by atoms with Crippen molar-refractivity contribution in [1.82, 2.24) is 5.32 Å². The topological polar surface area (TPSA) is 58.6 Å². The van der Waals surface area contributed by atoms with Crippen molar-refractivity contribution in [2.45, 2.75) is 25.5 Å². The van der Waals surface area contributed by atoms with Crippen molar-refractivity contribution in [3.8, 4) is 5.75 Å². The lowest BCUT2D eigenvalue weighted by Crippen LogP contribution is -2.40. The molecule has 2 N–H and O–H groups in total. The summed E-state index contributed by atoms with van der Waals surface area (Å²) in [4.78, 5) is 12.2. The zero-order valence-corrected chi connectivity index (χ0v) is 14.8. The highest BCUT2D eigenvalue weighted by Crippen LogP contribution is 2.16. The number of thioether (sulfide) groups is 1. The average Bonchev–Trinajstić information content (AvgIpc) is 2.53. The van der Waals surface area contributed by atoms with Crippen LogP contribution in [0.1, 0.15) is 18.4 Å². The van der Waals surface area contributed by atoms with Crippen LogP contribution in [0.4, 0.5) is 0 Å². The van der Waals surface area contributed by atoms with Crippen molar-refractivity contribution in [2.75, 3.05) is 24.9 Å². The van der Waals surface area contributed by atoms with Gasteiger partial charge in [-0.3, -0.25) is 4.79 Å². The van der Waals surface area contributed by atoms with Crippen molar-refractivity contribution in [2.24, 2.45) is 5.92 Å². The smallest absolute Gasteiger partial charge is 0.226 e. The fraction of sp³-hybridized carbons (Fsp3) is 0.562. The Balaban J connectivity index is 2.49. The van der Waals surface area contributed by atoms with E-state index in [1.165, 1.54) is 0 Å². The molecule has 0 aromatic heterocycles. The normalized spacial score (nSPS) is 13.5. The number of thiol groups is 1. The first kappa shape index (κ1) is 19.2. The molecule has 22 heavy (non-hydrogen) atoms. The second-order valence-electron chi connectivity index (χ2n) is 5.09. The highest BCUT2D eigenvalue weighted by molar-refractivity contribution is 7.98. The summed E-state index contributed by atoms with van der Waals surface area (Å²) >= 11 is 5.99. The molecule has 0 saturated carbocycles. The summed E-state index contributed by atoms with van der Waals surface area (Å²) in [6.45, 7) is 0. The van der Waals surface area contributed by atoms with Crippen molar-refractivity contribution in [3.63, 3.8) is 0 Å². The van der Waals surface area contributed by atoms with E-state index in [1.807, 2.05) is 30.5 Å². The first-order valence-corrected chi connectivity index (χ1v) is 9.34. The van der Waals surface area contributed by atoms with Crippen molar-refractivity contribution >= 4 is 30.3 Å². The van der Waals surface area contributed by atoms with E-state index in [9.17, 15) is 9.90 Å². The molecule has 0 spiro atoms. The average molecular weight is 344 g/mol. The van der Waals surface area contributed by atoms with Crippen molar-refractivity contribution in [1.29, 1.82) is 0 Å². The van der Waals surface area contributed by atoms with Crippen LogP contribution >= 0.6 is 24.4 Å². The Morgan fingerprint density at radius 1 is 1.41 bits per heavy atom. The molecule has 1 aromatic carbocycles. The largest absolute Gasteiger partial charge is 0.497 e. The van der Waals surface area contributed by atoms with Crippen LogP contribution in [-0.4, -0.2) is 42.1 Å². The van der Waals surface area contributed by atoms with E-state index in [2.05, 4.69) is 17.9 Å². The molecule has 1 rings (SSSR count). The van der Waals surface area contributed by atoms with Gasteiger partial charge in [-0.1, -0.05) is 12.1 Å². The number of nitrogens with one attached hydrogen (secondary N) is 1. The first-order chi connectivity index (χ1) is 10.6. The van der Waals surface area contributed by atoms with Gasteiger partial charge in [0, 0.05) is 5.75 Å².